The molecule has 0 radical (unpaired) electrons. The summed E-state index contributed by atoms with van der Waals surface area (Å²) in [6.07, 6.45) is 0. The van der Waals surface area contributed by atoms with Crippen molar-refractivity contribution in [3.8, 4) is 0 Å². The number of hydrogen-bond donors (Lipinski definition) is 1. The van der Waals surface area contributed by atoms with Gasteiger partial charge in [-0.2, -0.15) is 5.10 Å². The zero-order chi connectivity index (χ0) is 13.3. The number of hydrogen-bond acceptors (Lipinski definition) is 4. The summed E-state index contributed by atoms with van der Waals surface area (Å²) in [6.45, 7) is 7.59. The molecule has 0 saturated carbocycles. The van der Waals surface area contributed by atoms with E-state index >= 15 is 0 Å². The second kappa shape index (κ2) is 4.89. The molecule has 0 atom stereocenters. The predicted octanol–water partition coefficient (Wildman–Crippen LogP) is 0.764. The van der Waals surface area contributed by atoms with Crippen LogP contribution in [0.15, 0.2) is 0 Å². The number of aromatic nitrogens is 5. The molecule has 0 unspecified atom stereocenters. The molecule has 0 aliphatic carbocycles. The van der Waals surface area contributed by atoms with Crippen molar-refractivity contribution < 1.29 is 0 Å². The Labute approximate surface area is 107 Å². The lowest BCUT2D eigenvalue weighted by molar-refractivity contribution is 0.630. The molecule has 0 aromatic carbocycles. The summed E-state index contributed by atoms with van der Waals surface area (Å²) >= 11 is 0. The van der Waals surface area contributed by atoms with Crippen LogP contribution in [0.5, 0.6) is 0 Å². The number of nitrogens with zero attached hydrogens (tertiary/aromatic N) is 5. The second-order valence-electron chi connectivity index (χ2n) is 4.60. The first-order valence-corrected chi connectivity index (χ1v) is 6.05. The lowest BCUT2D eigenvalue weighted by Gasteiger charge is -2.05. The van der Waals surface area contributed by atoms with E-state index in [-0.39, 0.29) is 0 Å². The van der Waals surface area contributed by atoms with Crippen LogP contribution in [0.1, 0.15) is 28.6 Å². The van der Waals surface area contributed by atoms with Crippen LogP contribution >= 0.6 is 0 Å². The molecule has 6 nitrogen and oxygen atoms in total. The van der Waals surface area contributed by atoms with E-state index < -0.39 is 0 Å². The van der Waals surface area contributed by atoms with E-state index in [1.807, 2.05) is 37.2 Å². The van der Waals surface area contributed by atoms with Crippen LogP contribution in [-0.2, 0) is 27.2 Å². The van der Waals surface area contributed by atoms with Crippen LogP contribution in [0.4, 0.5) is 0 Å². The normalized spacial score (nSPS) is 11.2. The standard InChI is InChI=1S/C12H20N6/c1-8-11(9(2)18(5)16-8)6-13-7-12-15-14-10(3)17(12)4/h13H,6-7H2,1-5H3. The topological polar surface area (TPSA) is 60.6 Å². The molecular formula is C12H20N6. The highest BCUT2D eigenvalue weighted by atomic mass is 15.3. The Morgan fingerprint density at radius 2 is 1.78 bits per heavy atom. The van der Waals surface area contributed by atoms with Crippen LogP contribution in [-0.4, -0.2) is 24.5 Å². The fourth-order valence-electron chi connectivity index (χ4n) is 1.98. The van der Waals surface area contributed by atoms with Gasteiger partial charge >= 0.3 is 0 Å². The third-order valence-electron chi connectivity index (χ3n) is 3.43. The number of aryl methyl sites for hydroxylation is 3. The van der Waals surface area contributed by atoms with E-state index in [1.54, 1.807) is 0 Å². The molecule has 2 heterocycles. The van der Waals surface area contributed by atoms with E-state index in [0.29, 0.717) is 6.54 Å². The fraction of sp³-hybridized carbons (Fsp3) is 0.583. The van der Waals surface area contributed by atoms with E-state index in [1.165, 1.54) is 11.3 Å². The highest BCUT2D eigenvalue weighted by Crippen LogP contribution is 2.11. The SMILES string of the molecule is Cc1nn(C)c(C)c1CNCc1nnc(C)n1C. The molecule has 2 aromatic rings. The second-order valence-corrected chi connectivity index (χ2v) is 4.60. The van der Waals surface area contributed by atoms with Gasteiger partial charge in [0.05, 0.1) is 12.2 Å². The molecular weight excluding hydrogens is 228 g/mol. The molecule has 0 spiro atoms. The van der Waals surface area contributed by atoms with Crippen LogP contribution in [0.25, 0.3) is 0 Å². The third kappa shape index (κ3) is 2.28. The maximum absolute atomic E-state index is 4.40. The van der Waals surface area contributed by atoms with Gasteiger partial charge in [0.1, 0.15) is 11.6 Å². The Bertz CT molecular complexity index is 551. The quantitative estimate of drug-likeness (QED) is 0.868. The Morgan fingerprint density at radius 1 is 1.06 bits per heavy atom. The van der Waals surface area contributed by atoms with Crippen molar-refractivity contribution in [2.24, 2.45) is 14.1 Å². The molecule has 0 bridgehead atoms. The highest BCUT2D eigenvalue weighted by Gasteiger charge is 2.09. The van der Waals surface area contributed by atoms with Crippen LogP contribution in [0.3, 0.4) is 0 Å². The van der Waals surface area contributed by atoms with Gasteiger partial charge < -0.3 is 9.88 Å². The van der Waals surface area contributed by atoms with Crippen LogP contribution < -0.4 is 5.32 Å². The molecule has 6 heteroatoms. The van der Waals surface area contributed by atoms with E-state index in [4.69, 9.17) is 0 Å². The summed E-state index contributed by atoms with van der Waals surface area (Å²) in [5.41, 5.74) is 3.54. The van der Waals surface area contributed by atoms with Gasteiger partial charge in [-0.3, -0.25) is 4.68 Å². The first-order valence-electron chi connectivity index (χ1n) is 6.05. The maximum Gasteiger partial charge on any atom is 0.146 e. The van der Waals surface area contributed by atoms with Crippen LogP contribution in [0, 0.1) is 20.8 Å². The van der Waals surface area contributed by atoms with E-state index in [2.05, 4.69) is 27.5 Å². The van der Waals surface area contributed by atoms with Crippen LogP contribution in [0.2, 0.25) is 0 Å². The molecule has 0 aliphatic heterocycles. The summed E-state index contributed by atoms with van der Waals surface area (Å²) in [7, 11) is 3.95. The van der Waals surface area contributed by atoms with Crippen molar-refractivity contribution in [3.63, 3.8) is 0 Å². The summed E-state index contributed by atoms with van der Waals surface area (Å²) in [5.74, 6) is 1.88. The average molecular weight is 248 g/mol. The van der Waals surface area contributed by atoms with Crippen molar-refractivity contribution in [2.45, 2.75) is 33.9 Å². The van der Waals surface area contributed by atoms with Gasteiger partial charge in [-0.05, 0) is 20.8 Å². The van der Waals surface area contributed by atoms with Crippen molar-refractivity contribution in [2.75, 3.05) is 0 Å². The third-order valence-corrected chi connectivity index (χ3v) is 3.43. The Hall–Kier alpha value is -1.69. The molecule has 18 heavy (non-hydrogen) atoms. The van der Waals surface area contributed by atoms with Crippen molar-refractivity contribution >= 4 is 0 Å². The summed E-state index contributed by atoms with van der Waals surface area (Å²) in [6, 6.07) is 0. The average Bonchev–Trinajstić information content (AvgIpc) is 2.76. The maximum atomic E-state index is 4.40. The number of nitrogens with one attached hydrogen (secondary N) is 1. The summed E-state index contributed by atoms with van der Waals surface area (Å²) in [5, 5.41) is 16.0. The lowest BCUT2D eigenvalue weighted by Crippen LogP contribution is -2.17. The first kappa shape index (κ1) is 12.8. The van der Waals surface area contributed by atoms with Crippen molar-refractivity contribution in [1.82, 2.24) is 29.9 Å². The summed E-state index contributed by atoms with van der Waals surface area (Å²) in [4.78, 5) is 0. The minimum Gasteiger partial charge on any atom is -0.317 e. The molecule has 2 rings (SSSR count). The molecule has 98 valence electrons. The van der Waals surface area contributed by atoms with E-state index in [0.717, 1.165) is 23.9 Å². The molecule has 0 fully saturated rings. The monoisotopic (exact) mass is 248 g/mol. The minimum absolute atomic E-state index is 0.713. The van der Waals surface area contributed by atoms with Crippen molar-refractivity contribution in [1.29, 1.82) is 0 Å². The van der Waals surface area contributed by atoms with Gasteiger partial charge in [0, 0.05) is 31.9 Å². The van der Waals surface area contributed by atoms with Gasteiger partial charge in [-0.1, -0.05) is 0 Å². The van der Waals surface area contributed by atoms with Gasteiger partial charge in [0.2, 0.25) is 0 Å². The molecule has 0 amide bonds. The van der Waals surface area contributed by atoms with Gasteiger partial charge in [-0.15, -0.1) is 10.2 Å². The smallest absolute Gasteiger partial charge is 0.146 e. The van der Waals surface area contributed by atoms with Gasteiger partial charge in [0.15, 0.2) is 0 Å². The summed E-state index contributed by atoms with van der Waals surface area (Å²) < 4.78 is 3.91. The first-order chi connectivity index (χ1) is 8.50. The molecule has 1 N–H and O–H groups in total. The Kier molecular flexibility index (Phi) is 3.47. The predicted molar refractivity (Wildman–Crippen MR) is 69.0 cm³/mol. The zero-order valence-corrected chi connectivity index (χ0v) is 11.7. The molecule has 2 aromatic heterocycles. The molecule has 0 aliphatic rings. The van der Waals surface area contributed by atoms with Gasteiger partial charge in [-0.25, -0.2) is 0 Å². The van der Waals surface area contributed by atoms with E-state index in [9.17, 15) is 0 Å². The lowest BCUT2D eigenvalue weighted by atomic mass is 10.2. The van der Waals surface area contributed by atoms with Crippen molar-refractivity contribution in [3.05, 3.63) is 28.6 Å². The Balaban J connectivity index is 1.98. The largest absolute Gasteiger partial charge is 0.317 e. The zero-order valence-electron chi connectivity index (χ0n) is 11.7. The minimum atomic E-state index is 0.713. The fourth-order valence-corrected chi connectivity index (χ4v) is 1.98. The number of rotatable bonds is 4. The Morgan fingerprint density at radius 3 is 2.28 bits per heavy atom. The van der Waals surface area contributed by atoms with Gasteiger partial charge in [0.25, 0.3) is 0 Å². The molecule has 0 saturated heterocycles. The highest BCUT2D eigenvalue weighted by molar-refractivity contribution is 5.23.